The van der Waals surface area contributed by atoms with Gasteiger partial charge in [-0.1, -0.05) is 64.1 Å². The van der Waals surface area contributed by atoms with E-state index in [4.69, 9.17) is 0 Å². The molecule has 55 heavy (non-hydrogen) atoms. The summed E-state index contributed by atoms with van der Waals surface area (Å²) < 4.78 is 0. The van der Waals surface area contributed by atoms with E-state index in [1.807, 2.05) is 30.3 Å². The number of rotatable bonds is 8. The van der Waals surface area contributed by atoms with E-state index in [-0.39, 0.29) is 48.5 Å². The van der Waals surface area contributed by atoms with Crippen LogP contribution in [0.15, 0.2) is 54.6 Å². The topological polar surface area (TPSA) is 206 Å². The molecule has 4 fully saturated rings. The highest BCUT2D eigenvalue weighted by atomic mass is 33.1. The van der Waals surface area contributed by atoms with E-state index < -0.39 is 65.8 Å². The Labute approximate surface area is 327 Å². The number of nitrogens with zero attached hydrogens (tertiary/aromatic N) is 2. The Morgan fingerprint density at radius 3 is 2.13 bits per heavy atom. The molecular formula is C38H47N7O8S2. The first-order valence-corrected chi connectivity index (χ1v) is 21.2. The van der Waals surface area contributed by atoms with Gasteiger partial charge in [0.2, 0.25) is 41.4 Å². The summed E-state index contributed by atoms with van der Waals surface area (Å²) in [4.78, 5) is 98.2. The van der Waals surface area contributed by atoms with Crippen molar-refractivity contribution in [1.29, 1.82) is 0 Å². The van der Waals surface area contributed by atoms with E-state index in [9.17, 15) is 38.7 Å². The lowest BCUT2D eigenvalue weighted by molar-refractivity contribution is -0.148. The minimum Gasteiger partial charge on any atom is -0.508 e. The lowest BCUT2D eigenvalue weighted by Crippen LogP contribution is -2.59. The monoisotopic (exact) mass is 793 g/mol. The van der Waals surface area contributed by atoms with E-state index in [1.54, 1.807) is 24.3 Å². The summed E-state index contributed by atoms with van der Waals surface area (Å²) in [5.74, 6) is -2.75. The lowest BCUT2D eigenvalue weighted by atomic mass is 10.0. The third-order valence-corrected chi connectivity index (χ3v) is 12.8. The van der Waals surface area contributed by atoms with Crippen molar-refractivity contribution in [3.63, 3.8) is 0 Å². The number of phenols is 1. The molecule has 15 nitrogen and oxygen atoms in total. The zero-order valence-corrected chi connectivity index (χ0v) is 32.0. The van der Waals surface area contributed by atoms with Crippen molar-refractivity contribution >= 4 is 62.9 Å². The normalized spacial score (nSPS) is 26.7. The van der Waals surface area contributed by atoms with Crippen molar-refractivity contribution < 1.29 is 38.7 Å². The van der Waals surface area contributed by atoms with Gasteiger partial charge in [-0.3, -0.25) is 33.6 Å². The second-order valence-corrected chi connectivity index (χ2v) is 16.7. The molecule has 0 spiro atoms. The fourth-order valence-electron chi connectivity index (χ4n) is 7.37. The highest BCUT2D eigenvalue weighted by Crippen LogP contribution is 2.29. The van der Waals surface area contributed by atoms with Crippen molar-refractivity contribution in [2.75, 3.05) is 31.1 Å². The van der Waals surface area contributed by atoms with Crippen LogP contribution in [-0.2, 0) is 46.4 Å². The summed E-state index contributed by atoms with van der Waals surface area (Å²) in [5.41, 5.74) is 1.68. The van der Waals surface area contributed by atoms with Gasteiger partial charge in [-0.2, -0.15) is 0 Å². The summed E-state index contributed by atoms with van der Waals surface area (Å²) in [5, 5.41) is 23.7. The predicted molar refractivity (Wildman–Crippen MR) is 206 cm³/mol. The second kappa shape index (κ2) is 18.7. The number of hydrogen-bond donors (Lipinski definition) is 6. The molecule has 6 rings (SSSR count). The number of aromatic hydroxyl groups is 1. The maximum absolute atomic E-state index is 14.2. The maximum atomic E-state index is 14.2. The number of carbonyl (C=O) groups is 7. The van der Waals surface area contributed by atoms with Crippen molar-refractivity contribution in [3.05, 3.63) is 65.7 Å². The van der Waals surface area contributed by atoms with E-state index in [0.717, 1.165) is 11.1 Å². The molecule has 0 unspecified atom stereocenters. The van der Waals surface area contributed by atoms with Gasteiger partial charge in [-0.15, -0.1) is 0 Å². The van der Waals surface area contributed by atoms with Gasteiger partial charge in [0.25, 0.3) is 0 Å². The Bertz CT molecular complexity index is 1750. The van der Waals surface area contributed by atoms with Gasteiger partial charge in [-0.05, 0) is 61.8 Å². The van der Waals surface area contributed by atoms with Gasteiger partial charge < -0.3 is 41.5 Å². The first-order chi connectivity index (χ1) is 26.6. The molecule has 0 aromatic heterocycles. The molecule has 0 aliphatic carbocycles. The molecule has 0 saturated carbocycles. The average molecular weight is 794 g/mol. The van der Waals surface area contributed by atoms with Crippen LogP contribution in [0.25, 0.3) is 0 Å². The molecular weight excluding hydrogens is 747 g/mol. The van der Waals surface area contributed by atoms with Crippen LogP contribution in [0.3, 0.4) is 0 Å². The third-order valence-electron chi connectivity index (χ3n) is 10.3. The molecule has 6 N–H and O–H groups in total. The largest absolute Gasteiger partial charge is 0.508 e. The molecule has 4 aliphatic rings. The number of carbonyl (C=O) groups excluding carboxylic acids is 7. The van der Waals surface area contributed by atoms with E-state index >= 15 is 0 Å². The zero-order valence-electron chi connectivity index (χ0n) is 30.4. The van der Waals surface area contributed by atoms with E-state index in [0.29, 0.717) is 51.6 Å². The first-order valence-electron chi connectivity index (χ1n) is 18.7. The van der Waals surface area contributed by atoms with Gasteiger partial charge in [-0.25, -0.2) is 0 Å². The van der Waals surface area contributed by atoms with E-state index in [2.05, 4.69) is 26.6 Å². The number of phenolic OH excluding ortho intramolecular Hbond substituents is 1. The quantitative estimate of drug-likeness (QED) is 0.203. The molecule has 0 bridgehead atoms. The van der Waals surface area contributed by atoms with Crippen LogP contribution < -0.4 is 26.6 Å². The Kier molecular flexibility index (Phi) is 13.6. The Morgan fingerprint density at radius 2 is 1.42 bits per heavy atom. The Hall–Kier alpha value is -4.77. The van der Waals surface area contributed by atoms with Crippen molar-refractivity contribution in [2.24, 2.45) is 0 Å². The number of fused-ring (bicyclic) bond motifs is 2. The van der Waals surface area contributed by atoms with Gasteiger partial charge in [0, 0.05) is 44.0 Å². The van der Waals surface area contributed by atoms with Crippen LogP contribution in [0.2, 0.25) is 0 Å². The molecule has 6 atom stereocenters. The van der Waals surface area contributed by atoms with E-state index in [1.165, 1.54) is 31.4 Å². The highest BCUT2D eigenvalue weighted by Gasteiger charge is 2.44. The second-order valence-electron chi connectivity index (χ2n) is 14.2. The SMILES string of the molecule is O=C1CC[C@@H](C(=O)N[C@H]2CSSC[C@@H](C(=O)NCCc3ccc(O)cc3)NC(=O)[C@H](Cc3ccccc3)NC(=O)[C@@H]3CCCN3C(=O)[C@@H]3CCCN3C2=O)N1. The minimum absolute atomic E-state index is 0.0828. The van der Waals surface area contributed by atoms with Crippen molar-refractivity contribution in [1.82, 2.24) is 36.4 Å². The van der Waals surface area contributed by atoms with Crippen LogP contribution in [0.5, 0.6) is 5.75 Å². The van der Waals surface area contributed by atoms with Crippen molar-refractivity contribution in [2.45, 2.75) is 87.6 Å². The number of benzene rings is 2. The summed E-state index contributed by atoms with van der Waals surface area (Å²) >= 11 is 0. The van der Waals surface area contributed by atoms with Crippen LogP contribution >= 0.6 is 21.6 Å². The van der Waals surface area contributed by atoms with Crippen LogP contribution in [0.4, 0.5) is 0 Å². The molecule has 4 heterocycles. The minimum atomic E-state index is -1.06. The molecule has 2 aromatic carbocycles. The van der Waals surface area contributed by atoms with Gasteiger partial charge >= 0.3 is 0 Å². The number of hydrogen-bond acceptors (Lipinski definition) is 10. The van der Waals surface area contributed by atoms with Gasteiger partial charge in [0.1, 0.15) is 42.0 Å². The molecule has 17 heteroatoms. The average Bonchev–Trinajstić information content (AvgIpc) is 3.97. The summed E-state index contributed by atoms with van der Waals surface area (Å²) in [6.07, 6.45) is 3.02. The molecule has 0 radical (unpaired) electrons. The molecule has 4 aliphatic heterocycles. The summed E-state index contributed by atoms with van der Waals surface area (Å²) in [6.45, 7) is 0.862. The lowest BCUT2D eigenvalue weighted by Gasteiger charge is -2.33. The van der Waals surface area contributed by atoms with Gasteiger partial charge in [0.15, 0.2) is 0 Å². The summed E-state index contributed by atoms with van der Waals surface area (Å²) in [7, 11) is 2.47. The summed E-state index contributed by atoms with van der Waals surface area (Å²) in [6, 6.07) is 10.2. The van der Waals surface area contributed by atoms with Crippen molar-refractivity contribution in [3.8, 4) is 5.75 Å². The van der Waals surface area contributed by atoms with Gasteiger partial charge in [0.05, 0.1) is 0 Å². The van der Waals surface area contributed by atoms with Crippen LogP contribution in [0, 0.1) is 0 Å². The molecule has 2 aromatic rings. The number of nitrogens with one attached hydrogen (secondary N) is 5. The maximum Gasteiger partial charge on any atom is 0.246 e. The Balaban J connectivity index is 1.25. The smallest absolute Gasteiger partial charge is 0.246 e. The first kappa shape index (κ1) is 39.9. The molecule has 4 saturated heterocycles. The standard InChI is InChI=1S/C38H47N7O8S2/c46-25-12-10-23(11-13-25)16-17-39-33(48)28-21-54-55-22-29(43-34(49)26-14-15-32(47)40-26)37(52)45-19-5-9-31(45)38(53)44-18-4-8-30(44)36(51)41-27(35(50)42-28)20-24-6-2-1-3-7-24/h1-3,6-7,10-13,26-31,46H,4-5,8-9,14-22H2,(H,39,48)(H,40,47)(H,41,51)(H,42,50)(H,43,49)/t26-,27-,28-,29-,30-,31-/m0/s1. The van der Waals surface area contributed by atoms with Crippen LogP contribution in [-0.4, -0.2) is 124 Å². The highest BCUT2D eigenvalue weighted by molar-refractivity contribution is 8.76. The fraction of sp³-hybridized carbons (Fsp3) is 0.500. The molecule has 294 valence electrons. The van der Waals surface area contributed by atoms with Crippen LogP contribution in [0.1, 0.15) is 49.7 Å². The Morgan fingerprint density at radius 1 is 0.727 bits per heavy atom. The predicted octanol–water partition coefficient (Wildman–Crippen LogP) is 0.404. The molecule has 7 amide bonds. The zero-order chi connectivity index (χ0) is 38.9. The number of amides is 7. The fourth-order valence-corrected chi connectivity index (χ4v) is 9.69. The third kappa shape index (κ3) is 10.3.